The Morgan fingerprint density at radius 2 is 1.88 bits per heavy atom. The van der Waals surface area contributed by atoms with Crippen molar-refractivity contribution in [3.8, 4) is 5.75 Å². The molecule has 3 amide bonds. The maximum absolute atomic E-state index is 12.6. The summed E-state index contributed by atoms with van der Waals surface area (Å²) in [6.45, 7) is 1.10. The van der Waals surface area contributed by atoms with Gasteiger partial charge in [0.2, 0.25) is 11.8 Å². The number of nitrogens with one attached hydrogen (secondary N) is 3. The molecule has 0 unspecified atom stereocenters. The molecule has 0 spiro atoms. The van der Waals surface area contributed by atoms with Gasteiger partial charge in [-0.2, -0.15) is 0 Å². The van der Waals surface area contributed by atoms with Crippen molar-refractivity contribution in [2.24, 2.45) is 0 Å². The number of amides is 3. The van der Waals surface area contributed by atoms with E-state index in [0.29, 0.717) is 43.7 Å². The van der Waals surface area contributed by atoms with Crippen LogP contribution in [0.15, 0.2) is 54.6 Å². The van der Waals surface area contributed by atoms with Crippen LogP contribution in [0.5, 0.6) is 5.75 Å². The fourth-order valence-corrected chi connectivity index (χ4v) is 4.40. The third kappa shape index (κ3) is 5.08. The summed E-state index contributed by atoms with van der Waals surface area (Å²) in [5.74, 6) is 0.455. The maximum atomic E-state index is 12.6. The SMILES string of the molecule is COc1ccc(C(=O)N[C@H]2C[C@H]3C(=O)NC[C@@H](CCC(=O)Nc4ccccc4)N3C2)cc1. The first-order valence-corrected chi connectivity index (χ1v) is 10.9. The van der Waals surface area contributed by atoms with Gasteiger partial charge in [0.05, 0.1) is 13.2 Å². The molecule has 3 atom stereocenters. The Hall–Kier alpha value is -3.39. The second-order valence-electron chi connectivity index (χ2n) is 8.20. The van der Waals surface area contributed by atoms with Crippen molar-refractivity contribution in [2.45, 2.75) is 37.4 Å². The minimum Gasteiger partial charge on any atom is -0.497 e. The number of rotatable bonds is 7. The normalized spacial score (nSPS) is 22.5. The summed E-state index contributed by atoms with van der Waals surface area (Å²) in [6.07, 6.45) is 1.55. The number of piperazine rings is 1. The number of hydrogen-bond acceptors (Lipinski definition) is 5. The molecule has 32 heavy (non-hydrogen) atoms. The molecule has 0 saturated carbocycles. The van der Waals surface area contributed by atoms with Crippen LogP contribution < -0.4 is 20.7 Å². The summed E-state index contributed by atoms with van der Waals surface area (Å²) in [6, 6.07) is 15.9. The van der Waals surface area contributed by atoms with Crippen LogP contribution in [0, 0.1) is 0 Å². The van der Waals surface area contributed by atoms with Gasteiger partial charge in [-0.3, -0.25) is 19.3 Å². The molecule has 0 radical (unpaired) electrons. The van der Waals surface area contributed by atoms with Crippen molar-refractivity contribution in [2.75, 3.05) is 25.5 Å². The predicted molar refractivity (Wildman–Crippen MR) is 120 cm³/mol. The summed E-state index contributed by atoms with van der Waals surface area (Å²) < 4.78 is 5.13. The van der Waals surface area contributed by atoms with Crippen molar-refractivity contribution >= 4 is 23.4 Å². The molecule has 0 aromatic heterocycles. The number of fused-ring (bicyclic) bond motifs is 1. The first kappa shape index (κ1) is 21.8. The van der Waals surface area contributed by atoms with Gasteiger partial charge in [0.15, 0.2) is 0 Å². The molecule has 2 aliphatic rings. The number of methoxy groups -OCH3 is 1. The minimum absolute atomic E-state index is 0.0174. The topological polar surface area (TPSA) is 99.8 Å². The van der Waals surface area contributed by atoms with Crippen LogP contribution in [-0.4, -0.2) is 60.9 Å². The average Bonchev–Trinajstić information content (AvgIpc) is 3.24. The molecule has 2 heterocycles. The highest BCUT2D eigenvalue weighted by Crippen LogP contribution is 2.26. The quantitative estimate of drug-likeness (QED) is 0.615. The second kappa shape index (κ2) is 9.82. The summed E-state index contributed by atoms with van der Waals surface area (Å²) >= 11 is 0. The van der Waals surface area contributed by atoms with E-state index in [9.17, 15) is 14.4 Å². The van der Waals surface area contributed by atoms with Crippen LogP contribution >= 0.6 is 0 Å². The number of benzene rings is 2. The number of ether oxygens (including phenoxy) is 1. The van der Waals surface area contributed by atoms with Crippen molar-refractivity contribution in [3.05, 3.63) is 60.2 Å². The lowest BCUT2D eigenvalue weighted by Crippen LogP contribution is -2.57. The molecule has 4 rings (SSSR count). The molecule has 8 nitrogen and oxygen atoms in total. The van der Waals surface area contributed by atoms with E-state index in [2.05, 4.69) is 20.9 Å². The zero-order chi connectivity index (χ0) is 22.5. The highest BCUT2D eigenvalue weighted by atomic mass is 16.5. The molecule has 2 aromatic carbocycles. The molecule has 3 N–H and O–H groups in total. The Morgan fingerprint density at radius 1 is 1.12 bits per heavy atom. The Labute approximate surface area is 187 Å². The third-order valence-electron chi connectivity index (χ3n) is 6.07. The van der Waals surface area contributed by atoms with Gasteiger partial charge in [-0.05, 0) is 49.2 Å². The van der Waals surface area contributed by atoms with Gasteiger partial charge in [0.25, 0.3) is 5.91 Å². The highest BCUT2D eigenvalue weighted by Gasteiger charge is 2.43. The number of carbonyl (C=O) groups is 3. The van der Waals surface area contributed by atoms with Crippen molar-refractivity contribution in [3.63, 3.8) is 0 Å². The number of anilines is 1. The van der Waals surface area contributed by atoms with E-state index in [1.54, 1.807) is 31.4 Å². The average molecular weight is 437 g/mol. The van der Waals surface area contributed by atoms with E-state index < -0.39 is 0 Å². The summed E-state index contributed by atoms with van der Waals surface area (Å²) in [5.41, 5.74) is 1.32. The van der Waals surface area contributed by atoms with Gasteiger partial charge in [-0.15, -0.1) is 0 Å². The molecular weight excluding hydrogens is 408 g/mol. The van der Waals surface area contributed by atoms with Gasteiger partial charge in [0.1, 0.15) is 5.75 Å². The Kier molecular flexibility index (Phi) is 6.70. The molecule has 8 heteroatoms. The summed E-state index contributed by atoms with van der Waals surface area (Å²) in [4.78, 5) is 39.5. The van der Waals surface area contributed by atoms with Crippen molar-refractivity contribution in [1.82, 2.24) is 15.5 Å². The molecule has 2 aliphatic heterocycles. The van der Waals surface area contributed by atoms with E-state index in [0.717, 1.165) is 5.69 Å². The van der Waals surface area contributed by atoms with E-state index in [-0.39, 0.29) is 35.8 Å². The smallest absolute Gasteiger partial charge is 0.251 e. The minimum atomic E-state index is -0.285. The fraction of sp³-hybridized carbons (Fsp3) is 0.375. The van der Waals surface area contributed by atoms with Crippen LogP contribution in [0.4, 0.5) is 5.69 Å². The van der Waals surface area contributed by atoms with Crippen LogP contribution in [0.1, 0.15) is 29.6 Å². The van der Waals surface area contributed by atoms with E-state index in [1.165, 1.54) is 0 Å². The summed E-state index contributed by atoms with van der Waals surface area (Å²) in [7, 11) is 1.58. The second-order valence-corrected chi connectivity index (χ2v) is 8.20. The zero-order valence-corrected chi connectivity index (χ0v) is 18.0. The molecule has 2 aromatic rings. The molecule has 2 fully saturated rings. The van der Waals surface area contributed by atoms with Gasteiger partial charge in [0, 0.05) is 42.8 Å². The van der Waals surface area contributed by atoms with Gasteiger partial charge in [-0.1, -0.05) is 18.2 Å². The Bertz CT molecular complexity index is 964. The van der Waals surface area contributed by atoms with Crippen LogP contribution in [0.3, 0.4) is 0 Å². The lowest BCUT2D eigenvalue weighted by Gasteiger charge is -2.37. The number of para-hydroxylation sites is 1. The maximum Gasteiger partial charge on any atom is 0.251 e. The number of nitrogens with zero attached hydrogens (tertiary/aromatic N) is 1. The van der Waals surface area contributed by atoms with E-state index in [4.69, 9.17) is 4.74 Å². The Morgan fingerprint density at radius 3 is 2.59 bits per heavy atom. The van der Waals surface area contributed by atoms with E-state index in [1.807, 2.05) is 30.3 Å². The first-order chi connectivity index (χ1) is 15.5. The van der Waals surface area contributed by atoms with Gasteiger partial charge in [-0.25, -0.2) is 0 Å². The standard InChI is InChI=1S/C24H28N4O4/c1-32-20-10-7-16(8-11-20)23(30)27-18-13-21-24(31)25-14-19(28(21)15-18)9-12-22(29)26-17-5-3-2-4-6-17/h2-8,10-11,18-19,21H,9,12-15H2,1H3,(H,25,31)(H,26,29)(H,27,30)/t18-,19+,21-/m0/s1. The molecule has 0 aliphatic carbocycles. The van der Waals surface area contributed by atoms with Crippen LogP contribution in [0.2, 0.25) is 0 Å². The highest BCUT2D eigenvalue weighted by molar-refractivity contribution is 5.94. The molecule has 2 saturated heterocycles. The Balaban J connectivity index is 1.32. The first-order valence-electron chi connectivity index (χ1n) is 10.9. The predicted octanol–water partition coefficient (Wildman–Crippen LogP) is 1.79. The lowest BCUT2D eigenvalue weighted by molar-refractivity contribution is -0.129. The lowest BCUT2D eigenvalue weighted by atomic mass is 10.0. The van der Waals surface area contributed by atoms with Crippen molar-refractivity contribution in [1.29, 1.82) is 0 Å². The summed E-state index contributed by atoms with van der Waals surface area (Å²) in [5, 5.41) is 8.90. The number of hydrogen-bond donors (Lipinski definition) is 3. The largest absolute Gasteiger partial charge is 0.497 e. The van der Waals surface area contributed by atoms with Crippen molar-refractivity contribution < 1.29 is 19.1 Å². The molecular formula is C24H28N4O4. The third-order valence-corrected chi connectivity index (χ3v) is 6.07. The molecule has 168 valence electrons. The van der Waals surface area contributed by atoms with Crippen LogP contribution in [-0.2, 0) is 9.59 Å². The fourth-order valence-electron chi connectivity index (χ4n) is 4.40. The monoisotopic (exact) mass is 436 g/mol. The van der Waals surface area contributed by atoms with Crippen LogP contribution in [0.25, 0.3) is 0 Å². The van der Waals surface area contributed by atoms with Gasteiger partial charge >= 0.3 is 0 Å². The molecule has 0 bridgehead atoms. The zero-order valence-electron chi connectivity index (χ0n) is 18.0. The van der Waals surface area contributed by atoms with Gasteiger partial charge < -0.3 is 20.7 Å². The van der Waals surface area contributed by atoms with E-state index >= 15 is 0 Å². The number of carbonyl (C=O) groups excluding carboxylic acids is 3.